The average molecular weight is 346 g/mol. The Morgan fingerprint density at radius 2 is 1.62 bits per heavy atom. The van der Waals surface area contributed by atoms with Crippen LogP contribution in [-0.2, 0) is 9.59 Å². The van der Waals surface area contributed by atoms with Gasteiger partial charge in [0.2, 0.25) is 11.8 Å². The first-order valence-corrected chi connectivity index (χ1v) is 7.54. The lowest BCUT2D eigenvalue weighted by Crippen LogP contribution is -2.33. The van der Waals surface area contributed by atoms with Gasteiger partial charge in [0.25, 0.3) is 5.91 Å². The molecule has 0 bridgehead atoms. The average Bonchev–Trinajstić information content (AvgIpc) is 2.53. The fourth-order valence-corrected chi connectivity index (χ4v) is 2.21. The van der Waals surface area contributed by atoms with Crippen molar-refractivity contribution in [1.29, 1.82) is 0 Å². The van der Waals surface area contributed by atoms with Crippen LogP contribution in [0.3, 0.4) is 0 Å². The largest absolute Gasteiger partial charge is 0.343 e. The van der Waals surface area contributed by atoms with E-state index in [0.717, 1.165) is 0 Å². The van der Waals surface area contributed by atoms with Gasteiger partial charge in [-0.3, -0.25) is 14.4 Å². The Hall–Kier alpha value is -2.86. The van der Waals surface area contributed by atoms with Crippen LogP contribution in [0.5, 0.6) is 0 Å². The molecule has 0 atom stereocenters. The maximum atomic E-state index is 12.0. The number of benzene rings is 2. The number of carbonyl (C=O) groups is 3. The summed E-state index contributed by atoms with van der Waals surface area (Å²) in [6, 6.07) is 13.3. The molecule has 0 spiro atoms. The van der Waals surface area contributed by atoms with Crippen LogP contribution in [0, 0.1) is 0 Å². The Morgan fingerprint density at radius 3 is 2.29 bits per heavy atom. The standard InChI is InChI=1S/C17H16ClN3O3/c1-11(22)20-12-5-4-6-13(9-12)21-16(23)10-19-17(24)14-7-2-3-8-15(14)18/h2-9H,10H2,1H3,(H,19,24)(H,20,22)(H,21,23). The van der Waals surface area contributed by atoms with Crippen molar-refractivity contribution in [2.45, 2.75) is 6.92 Å². The fourth-order valence-electron chi connectivity index (χ4n) is 1.98. The molecular formula is C17H16ClN3O3. The normalized spacial score (nSPS) is 9.92. The highest BCUT2D eigenvalue weighted by Crippen LogP contribution is 2.15. The Morgan fingerprint density at radius 1 is 0.958 bits per heavy atom. The predicted octanol–water partition coefficient (Wildman–Crippen LogP) is 2.67. The number of anilines is 2. The van der Waals surface area contributed by atoms with Crippen molar-refractivity contribution in [3.8, 4) is 0 Å². The molecule has 0 heterocycles. The first kappa shape index (κ1) is 17.5. The summed E-state index contributed by atoms with van der Waals surface area (Å²) in [6.45, 7) is 1.20. The molecule has 0 saturated carbocycles. The van der Waals surface area contributed by atoms with E-state index in [1.165, 1.54) is 6.92 Å². The summed E-state index contributed by atoms with van der Waals surface area (Å²) < 4.78 is 0. The Labute approximate surface area is 144 Å². The van der Waals surface area contributed by atoms with Gasteiger partial charge in [0.05, 0.1) is 17.1 Å². The zero-order valence-electron chi connectivity index (χ0n) is 12.9. The monoisotopic (exact) mass is 345 g/mol. The minimum Gasteiger partial charge on any atom is -0.343 e. The fraction of sp³-hybridized carbons (Fsp3) is 0.118. The Balaban J connectivity index is 1.91. The van der Waals surface area contributed by atoms with E-state index in [2.05, 4.69) is 16.0 Å². The molecule has 7 heteroatoms. The molecule has 124 valence electrons. The van der Waals surface area contributed by atoms with Crippen molar-refractivity contribution in [1.82, 2.24) is 5.32 Å². The van der Waals surface area contributed by atoms with Crippen LogP contribution in [0.2, 0.25) is 5.02 Å². The number of amides is 3. The van der Waals surface area contributed by atoms with E-state index < -0.39 is 11.8 Å². The van der Waals surface area contributed by atoms with E-state index in [-0.39, 0.29) is 12.5 Å². The van der Waals surface area contributed by atoms with Crippen molar-refractivity contribution >= 4 is 40.7 Å². The van der Waals surface area contributed by atoms with Crippen LogP contribution in [0.25, 0.3) is 0 Å². The van der Waals surface area contributed by atoms with E-state index in [1.807, 2.05) is 0 Å². The van der Waals surface area contributed by atoms with Gasteiger partial charge >= 0.3 is 0 Å². The molecule has 24 heavy (non-hydrogen) atoms. The minimum absolute atomic E-state index is 0.200. The van der Waals surface area contributed by atoms with Gasteiger partial charge in [-0.15, -0.1) is 0 Å². The number of nitrogens with one attached hydrogen (secondary N) is 3. The molecule has 0 aliphatic rings. The maximum Gasteiger partial charge on any atom is 0.253 e. The molecular weight excluding hydrogens is 330 g/mol. The highest BCUT2D eigenvalue weighted by Gasteiger charge is 2.11. The molecule has 3 amide bonds. The second-order valence-electron chi connectivity index (χ2n) is 4.97. The summed E-state index contributed by atoms with van der Waals surface area (Å²) in [5.41, 5.74) is 1.39. The summed E-state index contributed by atoms with van der Waals surface area (Å²) >= 11 is 5.93. The predicted molar refractivity (Wildman–Crippen MR) is 93.2 cm³/mol. The summed E-state index contributed by atoms with van der Waals surface area (Å²) in [6.07, 6.45) is 0. The Bertz CT molecular complexity index is 777. The van der Waals surface area contributed by atoms with E-state index in [1.54, 1.807) is 48.5 Å². The zero-order valence-corrected chi connectivity index (χ0v) is 13.7. The van der Waals surface area contributed by atoms with Crippen molar-refractivity contribution in [2.75, 3.05) is 17.2 Å². The minimum atomic E-state index is -0.428. The molecule has 0 radical (unpaired) electrons. The maximum absolute atomic E-state index is 12.0. The van der Waals surface area contributed by atoms with Crippen LogP contribution < -0.4 is 16.0 Å². The third-order valence-electron chi connectivity index (χ3n) is 2.99. The number of rotatable bonds is 5. The van der Waals surface area contributed by atoms with Crippen LogP contribution >= 0.6 is 11.6 Å². The van der Waals surface area contributed by atoms with Gasteiger partial charge in [-0.05, 0) is 30.3 Å². The van der Waals surface area contributed by atoms with Gasteiger partial charge in [-0.2, -0.15) is 0 Å². The topological polar surface area (TPSA) is 87.3 Å². The third kappa shape index (κ3) is 5.10. The molecule has 0 fully saturated rings. The van der Waals surface area contributed by atoms with Crippen LogP contribution in [0.4, 0.5) is 11.4 Å². The molecule has 6 nitrogen and oxygen atoms in total. The van der Waals surface area contributed by atoms with Gasteiger partial charge < -0.3 is 16.0 Å². The molecule has 2 rings (SSSR count). The molecule has 2 aromatic carbocycles. The van der Waals surface area contributed by atoms with Gasteiger partial charge in [-0.25, -0.2) is 0 Å². The quantitative estimate of drug-likeness (QED) is 0.778. The lowest BCUT2D eigenvalue weighted by Gasteiger charge is -2.09. The Kier molecular flexibility index (Phi) is 5.92. The molecule has 0 saturated heterocycles. The molecule has 3 N–H and O–H groups in total. The zero-order chi connectivity index (χ0) is 17.5. The van der Waals surface area contributed by atoms with Crippen molar-refractivity contribution in [3.63, 3.8) is 0 Å². The summed E-state index contributed by atoms with van der Waals surface area (Å²) in [7, 11) is 0. The summed E-state index contributed by atoms with van der Waals surface area (Å²) in [5, 5.41) is 8.08. The van der Waals surface area contributed by atoms with Crippen molar-refractivity contribution in [2.24, 2.45) is 0 Å². The second-order valence-corrected chi connectivity index (χ2v) is 5.38. The highest BCUT2D eigenvalue weighted by molar-refractivity contribution is 6.33. The first-order chi connectivity index (χ1) is 11.5. The molecule has 0 unspecified atom stereocenters. The molecule has 0 aliphatic carbocycles. The summed E-state index contributed by atoms with van der Waals surface area (Å²) in [4.78, 5) is 34.9. The van der Waals surface area contributed by atoms with E-state index in [4.69, 9.17) is 11.6 Å². The molecule has 2 aromatic rings. The molecule has 0 aromatic heterocycles. The first-order valence-electron chi connectivity index (χ1n) is 7.16. The van der Waals surface area contributed by atoms with Crippen LogP contribution in [-0.4, -0.2) is 24.3 Å². The number of carbonyl (C=O) groups excluding carboxylic acids is 3. The van der Waals surface area contributed by atoms with E-state index in [0.29, 0.717) is 22.0 Å². The highest BCUT2D eigenvalue weighted by atomic mass is 35.5. The number of hydrogen-bond donors (Lipinski definition) is 3. The second kappa shape index (κ2) is 8.12. The summed E-state index contributed by atoms with van der Waals surface area (Å²) in [5.74, 6) is -1.02. The van der Waals surface area contributed by atoms with E-state index >= 15 is 0 Å². The number of hydrogen-bond acceptors (Lipinski definition) is 3. The third-order valence-corrected chi connectivity index (χ3v) is 3.32. The van der Waals surface area contributed by atoms with E-state index in [9.17, 15) is 14.4 Å². The lowest BCUT2D eigenvalue weighted by molar-refractivity contribution is -0.115. The van der Waals surface area contributed by atoms with Crippen LogP contribution in [0.15, 0.2) is 48.5 Å². The van der Waals surface area contributed by atoms with Gasteiger partial charge in [0.15, 0.2) is 0 Å². The lowest BCUT2D eigenvalue weighted by atomic mass is 10.2. The SMILES string of the molecule is CC(=O)Nc1cccc(NC(=O)CNC(=O)c2ccccc2Cl)c1. The number of halogens is 1. The van der Waals surface area contributed by atoms with Gasteiger partial charge in [0.1, 0.15) is 0 Å². The van der Waals surface area contributed by atoms with Crippen molar-refractivity contribution in [3.05, 3.63) is 59.1 Å². The molecule has 0 aliphatic heterocycles. The van der Waals surface area contributed by atoms with Gasteiger partial charge in [0, 0.05) is 18.3 Å². The van der Waals surface area contributed by atoms with Gasteiger partial charge in [-0.1, -0.05) is 29.8 Å². The van der Waals surface area contributed by atoms with Crippen LogP contribution in [0.1, 0.15) is 17.3 Å². The smallest absolute Gasteiger partial charge is 0.253 e. The van der Waals surface area contributed by atoms with Crippen molar-refractivity contribution < 1.29 is 14.4 Å².